The molecule has 0 spiro atoms. The maximum absolute atomic E-state index is 5.42. The van der Waals surface area contributed by atoms with Crippen LogP contribution in [0, 0.1) is 0 Å². The van der Waals surface area contributed by atoms with Crippen molar-refractivity contribution in [2.45, 2.75) is 13.0 Å². The van der Waals surface area contributed by atoms with Crippen molar-refractivity contribution in [1.82, 2.24) is 4.98 Å². The Labute approximate surface area is 128 Å². The summed E-state index contributed by atoms with van der Waals surface area (Å²) in [5.41, 5.74) is 2.37. The Morgan fingerprint density at radius 1 is 1.25 bits per heavy atom. The fourth-order valence-electron chi connectivity index (χ4n) is 2.19. The second-order valence-corrected chi connectivity index (χ2v) is 5.83. The number of likely N-dealkylation sites (N-methyl/N-ethyl adjacent to an activating group) is 1. The van der Waals surface area contributed by atoms with Crippen LogP contribution in [0.25, 0.3) is 0 Å². The van der Waals surface area contributed by atoms with Gasteiger partial charge in [0.1, 0.15) is 12.3 Å². The van der Waals surface area contributed by atoms with Crippen LogP contribution < -0.4 is 9.64 Å². The topological polar surface area (TPSA) is 26.6 Å². The average Bonchev–Trinajstić information content (AvgIpc) is 2.46. The van der Waals surface area contributed by atoms with Gasteiger partial charge in [-0.1, -0.05) is 22.0 Å². The molecule has 1 N–H and O–H groups in total. The third-order valence-electron chi connectivity index (χ3n) is 3.27. The molecule has 2 rings (SSSR count). The van der Waals surface area contributed by atoms with E-state index < -0.39 is 0 Å². The third kappa shape index (κ3) is 4.32. The molecule has 4 heteroatoms. The molecule has 2 aromatic rings. The molecule has 0 aliphatic rings. The molecule has 0 fully saturated rings. The lowest BCUT2D eigenvalue weighted by Crippen LogP contribution is -3.07. The van der Waals surface area contributed by atoms with E-state index in [1.54, 1.807) is 7.11 Å². The molecule has 1 atom stereocenters. The first-order valence-electron chi connectivity index (χ1n) is 6.72. The number of nitrogens with zero attached hydrogens (tertiary/aromatic N) is 1. The van der Waals surface area contributed by atoms with Gasteiger partial charge in [0.15, 0.2) is 0 Å². The van der Waals surface area contributed by atoms with Crippen LogP contribution >= 0.6 is 15.9 Å². The second-order valence-electron chi connectivity index (χ2n) is 4.91. The van der Waals surface area contributed by atoms with Crippen molar-refractivity contribution >= 4 is 15.9 Å². The summed E-state index contributed by atoms with van der Waals surface area (Å²) in [7, 11) is 3.92. The van der Waals surface area contributed by atoms with Crippen LogP contribution in [0.15, 0.2) is 47.1 Å². The summed E-state index contributed by atoms with van der Waals surface area (Å²) in [5, 5.41) is 0. The lowest BCUT2D eigenvalue weighted by molar-refractivity contribution is -0.893. The molecule has 1 heterocycles. The molecule has 0 radical (unpaired) electrons. The molecule has 1 unspecified atom stereocenters. The van der Waals surface area contributed by atoms with Crippen LogP contribution in [0.2, 0.25) is 0 Å². The number of methoxy groups -OCH3 is 1. The van der Waals surface area contributed by atoms with E-state index in [0.717, 1.165) is 35.4 Å². The molecule has 0 aliphatic carbocycles. The number of aromatic nitrogens is 1. The Morgan fingerprint density at radius 2 is 2.10 bits per heavy atom. The molecule has 1 aromatic carbocycles. The fraction of sp³-hybridized carbons (Fsp3) is 0.312. The van der Waals surface area contributed by atoms with Crippen LogP contribution in [0.5, 0.6) is 5.75 Å². The van der Waals surface area contributed by atoms with Gasteiger partial charge in [-0.3, -0.25) is 4.98 Å². The number of halogens is 1. The smallest absolute Gasteiger partial charge is 0.127 e. The molecule has 106 valence electrons. The predicted molar refractivity (Wildman–Crippen MR) is 84.1 cm³/mol. The zero-order valence-electron chi connectivity index (χ0n) is 11.9. The van der Waals surface area contributed by atoms with E-state index in [1.165, 1.54) is 10.5 Å². The fourth-order valence-corrected chi connectivity index (χ4v) is 2.59. The molecule has 0 saturated carbocycles. The van der Waals surface area contributed by atoms with Crippen molar-refractivity contribution in [1.29, 1.82) is 0 Å². The van der Waals surface area contributed by atoms with E-state index >= 15 is 0 Å². The van der Waals surface area contributed by atoms with E-state index in [1.807, 2.05) is 30.5 Å². The van der Waals surface area contributed by atoms with Gasteiger partial charge in [0, 0.05) is 28.3 Å². The van der Waals surface area contributed by atoms with Crippen LogP contribution in [0.1, 0.15) is 11.3 Å². The summed E-state index contributed by atoms with van der Waals surface area (Å²) in [6.07, 6.45) is 2.84. The lowest BCUT2D eigenvalue weighted by atomic mass is 10.2. The Bertz CT molecular complexity index is 545. The van der Waals surface area contributed by atoms with Gasteiger partial charge in [-0.05, 0) is 30.3 Å². The molecule has 0 bridgehead atoms. The number of rotatable bonds is 6. The number of ether oxygens (including phenoxy) is 1. The Kier molecular flexibility index (Phi) is 5.56. The molecule has 20 heavy (non-hydrogen) atoms. The van der Waals surface area contributed by atoms with Crippen LogP contribution in [-0.4, -0.2) is 25.7 Å². The summed E-state index contributed by atoms with van der Waals surface area (Å²) in [5.74, 6) is 0.949. The quantitative estimate of drug-likeness (QED) is 0.875. The number of nitrogens with one attached hydrogen (secondary N) is 1. The minimum Gasteiger partial charge on any atom is -0.496 e. The average molecular weight is 336 g/mol. The van der Waals surface area contributed by atoms with Gasteiger partial charge in [-0.2, -0.15) is 0 Å². The van der Waals surface area contributed by atoms with Gasteiger partial charge in [-0.25, -0.2) is 0 Å². The number of benzene rings is 1. The van der Waals surface area contributed by atoms with Crippen LogP contribution in [0.4, 0.5) is 0 Å². The SMILES string of the molecule is COc1ccc(Br)cc1C[NH+](C)CCc1ccccn1. The van der Waals surface area contributed by atoms with Crippen molar-refractivity contribution in [2.24, 2.45) is 0 Å². The first-order valence-corrected chi connectivity index (χ1v) is 7.52. The predicted octanol–water partition coefficient (Wildman–Crippen LogP) is 2.11. The van der Waals surface area contributed by atoms with Crippen molar-refractivity contribution in [3.8, 4) is 5.75 Å². The molecular weight excluding hydrogens is 316 g/mol. The highest BCUT2D eigenvalue weighted by Crippen LogP contribution is 2.22. The van der Waals surface area contributed by atoms with Crippen LogP contribution in [0.3, 0.4) is 0 Å². The zero-order chi connectivity index (χ0) is 14.4. The summed E-state index contributed by atoms with van der Waals surface area (Å²) < 4.78 is 6.51. The maximum Gasteiger partial charge on any atom is 0.127 e. The lowest BCUT2D eigenvalue weighted by Gasteiger charge is -2.16. The minimum atomic E-state index is 0.940. The maximum atomic E-state index is 5.42. The highest BCUT2D eigenvalue weighted by Gasteiger charge is 2.10. The standard InChI is InChI=1S/C16H19BrN2O/c1-19(10-8-15-5-3-4-9-18-15)12-13-11-14(17)6-7-16(13)20-2/h3-7,9,11H,8,10,12H2,1-2H3/p+1. The van der Waals surface area contributed by atoms with Gasteiger partial charge >= 0.3 is 0 Å². The van der Waals surface area contributed by atoms with Crippen molar-refractivity contribution in [3.05, 3.63) is 58.3 Å². The normalized spacial score (nSPS) is 12.2. The number of hydrogen-bond acceptors (Lipinski definition) is 2. The Balaban J connectivity index is 1.94. The Hall–Kier alpha value is -1.39. The van der Waals surface area contributed by atoms with Crippen molar-refractivity contribution in [3.63, 3.8) is 0 Å². The summed E-state index contributed by atoms with van der Waals surface area (Å²) in [6, 6.07) is 12.2. The van der Waals surface area contributed by atoms with Crippen molar-refractivity contribution < 1.29 is 9.64 Å². The molecule has 3 nitrogen and oxygen atoms in total. The van der Waals surface area contributed by atoms with E-state index in [4.69, 9.17) is 4.74 Å². The van der Waals surface area contributed by atoms with E-state index in [0.29, 0.717) is 0 Å². The highest BCUT2D eigenvalue weighted by molar-refractivity contribution is 9.10. The largest absolute Gasteiger partial charge is 0.496 e. The number of pyridine rings is 1. The molecule has 0 saturated heterocycles. The molecular formula is C16H20BrN2O+. The van der Waals surface area contributed by atoms with Gasteiger partial charge in [0.25, 0.3) is 0 Å². The molecule has 0 aliphatic heterocycles. The summed E-state index contributed by atoms with van der Waals surface area (Å²) >= 11 is 3.52. The zero-order valence-corrected chi connectivity index (χ0v) is 13.5. The Morgan fingerprint density at radius 3 is 2.80 bits per heavy atom. The van der Waals surface area contributed by atoms with Gasteiger partial charge < -0.3 is 9.64 Å². The van der Waals surface area contributed by atoms with Crippen molar-refractivity contribution in [2.75, 3.05) is 20.7 Å². The highest BCUT2D eigenvalue weighted by atomic mass is 79.9. The van der Waals surface area contributed by atoms with Crippen LogP contribution in [-0.2, 0) is 13.0 Å². The van der Waals surface area contributed by atoms with Gasteiger partial charge in [-0.15, -0.1) is 0 Å². The first-order chi connectivity index (χ1) is 9.69. The summed E-state index contributed by atoms with van der Waals surface area (Å²) in [4.78, 5) is 5.80. The van der Waals surface area contributed by atoms with E-state index in [9.17, 15) is 0 Å². The number of hydrogen-bond donors (Lipinski definition) is 1. The molecule has 0 amide bonds. The van der Waals surface area contributed by atoms with Gasteiger partial charge in [0.2, 0.25) is 0 Å². The monoisotopic (exact) mass is 335 g/mol. The minimum absolute atomic E-state index is 0.940. The van der Waals surface area contributed by atoms with E-state index in [-0.39, 0.29) is 0 Å². The number of quaternary nitrogens is 1. The second kappa shape index (κ2) is 7.41. The summed E-state index contributed by atoms with van der Waals surface area (Å²) in [6.45, 7) is 1.99. The first kappa shape index (κ1) is 15.0. The molecule has 1 aromatic heterocycles. The third-order valence-corrected chi connectivity index (χ3v) is 3.76. The van der Waals surface area contributed by atoms with E-state index in [2.05, 4.69) is 40.1 Å². The van der Waals surface area contributed by atoms with Gasteiger partial charge in [0.05, 0.1) is 20.7 Å².